The van der Waals surface area contributed by atoms with Crippen LogP contribution in [0, 0.1) is 0 Å². The molecule has 1 atom stereocenters. The molecule has 3 rings (SSSR count). The first-order chi connectivity index (χ1) is 10.2. The van der Waals surface area contributed by atoms with E-state index in [0.29, 0.717) is 6.54 Å². The molecule has 4 heteroatoms. The quantitative estimate of drug-likeness (QED) is 0.941. The van der Waals surface area contributed by atoms with E-state index in [1.165, 1.54) is 16.0 Å². The zero-order valence-corrected chi connectivity index (χ0v) is 13.0. The molecule has 1 amide bonds. The van der Waals surface area contributed by atoms with Gasteiger partial charge in [0.25, 0.3) is 0 Å². The lowest BCUT2D eigenvalue weighted by molar-refractivity contribution is -0.119. The average molecular weight is 300 g/mol. The second-order valence-corrected chi connectivity index (χ2v) is 6.44. The molecule has 0 bridgehead atoms. The van der Waals surface area contributed by atoms with E-state index >= 15 is 0 Å². The van der Waals surface area contributed by atoms with Crippen molar-refractivity contribution in [3.05, 3.63) is 57.8 Å². The fraction of sp³-hybridized carbons (Fsp3) is 0.353. The summed E-state index contributed by atoms with van der Waals surface area (Å²) in [5.74, 6) is 0.0361. The molecule has 0 saturated carbocycles. The number of rotatable bonds is 4. The number of carbonyl (C=O) groups excluding carboxylic acids is 1. The zero-order chi connectivity index (χ0) is 14.7. The zero-order valence-electron chi connectivity index (χ0n) is 12.2. The van der Waals surface area contributed by atoms with Crippen LogP contribution < -0.4 is 5.32 Å². The summed E-state index contributed by atoms with van der Waals surface area (Å²) in [6.07, 6.45) is 1.08. The van der Waals surface area contributed by atoms with Crippen LogP contribution in [-0.2, 0) is 17.8 Å². The van der Waals surface area contributed by atoms with Gasteiger partial charge < -0.3 is 5.32 Å². The van der Waals surface area contributed by atoms with Crippen molar-refractivity contribution >= 4 is 17.2 Å². The van der Waals surface area contributed by atoms with Crippen molar-refractivity contribution in [1.29, 1.82) is 0 Å². The Bertz CT molecular complexity index is 609. The van der Waals surface area contributed by atoms with E-state index in [2.05, 4.69) is 52.0 Å². The lowest BCUT2D eigenvalue weighted by Gasteiger charge is -2.35. The minimum absolute atomic E-state index is 0.0361. The molecule has 1 aliphatic heterocycles. The van der Waals surface area contributed by atoms with Crippen molar-refractivity contribution in [3.63, 3.8) is 0 Å². The first kappa shape index (κ1) is 14.3. The van der Waals surface area contributed by atoms with Crippen LogP contribution in [0.2, 0.25) is 0 Å². The molecule has 0 radical (unpaired) electrons. The van der Waals surface area contributed by atoms with Crippen molar-refractivity contribution in [1.82, 2.24) is 10.2 Å². The molecule has 2 heterocycles. The summed E-state index contributed by atoms with van der Waals surface area (Å²) in [6, 6.07) is 13.2. The normalized spacial score (nSPS) is 16.2. The molecule has 0 saturated heterocycles. The molecule has 0 aliphatic carbocycles. The molecular weight excluding hydrogens is 280 g/mol. The summed E-state index contributed by atoms with van der Waals surface area (Å²) in [6.45, 7) is 4.26. The van der Waals surface area contributed by atoms with Gasteiger partial charge in [0, 0.05) is 31.4 Å². The summed E-state index contributed by atoms with van der Waals surface area (Å²) in [5, 5.41) is 5.09. The summed E-state index contributed by atoms with van der Waals surface area (Å²) in [5.41, 5.74) is 2.87. The van der Waals surface area contributed by atoms with Gasteiger partial charge in [0.2, 0.25) is 5.91 Å². The Hall–Kier alpha value is -1.65. The van der Waals surface area contributed by atoms with Gasteiger partial charge in [-0.1, -0.05) is 30.3 Å². The van der Waals surface area contributed by atoms with E-state index < -0.39 is 0 Å². The van der Waals surface area contributed by atoms with Gasteiger partial charge in [-0.25, -0.2) is 0 Å². The van der Waals surface area contributed by atoms with Crippen LogP contribution in [0.15, 0.2) is 41.8 Å². The van der Waals surface area contributed by atoms with Crippen LogP contribution in [0.3, 0.4) is 0 Å². The molecule has 110 valence electrons. The predicted molar refractivity (Wildman–Crippen MR) is 86.3 cm³/mol. The molecule has 0 fully saturated rings. The van der Waals surface area contributed by atoms with E-state index in [9.17, 15) is 4.79 Å². The summed E-state index contributed by atoms with van der Waals surface area (Å²) in [4.78, 5) is 15.1. The van der Waals surface area contributed by atoms with Gasteiger partial charge in [0.1, 0.15) is 0 Å². The number of amides is 1. The van der Waals surface area contributed by atoms with Gasteiger partial charge in [0.15, 0.2) is 0 Å². The fourth-order valence-corrected chi connectivity index (χ4v) is 3.78. The molecule has 1 aromatic carbocycles. The summed E-state index contributed by atoms with van der Waals surface area (Å²) >= 11 is 1.76. The van der Waals surface area contributed by atoms with Crippen LogP contribution >= 0.6 is 11.3 Å². The highest BCUT2D eigenvalue weighted by atomic mass is 32.1. The molecule has 0 unspecified atom stereocenters. The maximum atomic E-state index is 11.3. The largest absolute Gasteiger partial charge is 0.354 e. The third kappa shape index (κ3) is 3.34. The second-order valence-electron chi connectivity index (χ2n) is 5.46. The Kier molecular flexibility index (Phi) is 4.36. The third-order valence-electron chi connectivity index (χ3n) is 4.02. The SMILES string of the molecule is CC(=O)NC[C@@H](c1cccs1)N1CCc2ccccc2C1. The number of carbonyl (C=O) groups is 1. The van der Waals surface area contributed by atoms with E-state index in [0.717, 1.165) is 19.5 Å². The van der Waals surface area contributed by atoms with Crippen LogP contribution in [0.5, 0.6) is 0 Å². The van der Waals surface area contributed by atoms with Crippen molar-refractivity contribution in [3.8, 4) is 0 Å². The number of hydrogen-bond acceptors (Lipinski definition) is 3. The topological polar surface area (TPSA) is 32.3 Å². The van der Waals surface area contributed by atoms with E-state index in [1.807, 2.05) is 0 Å². The summed E-state index contributed by atoms with van der Waals surface area (Å²) in [7, 11) is 0. The minimum Gasteiger partial charge on any atom is -0.354 e. The number of fused-ring (bicyclic) bond motifs is 1. The second kappa shape index (κ2) is 6.41. The van der Waals surface area contributed by atoms with E-state index in [4.69, 9.17) is 0 Å². The van der Waals surface area contributed by atoms with Gasteiger partial charge in [-0.2, -0.15) is 0 Å². The van der Waals surface area contributed by atoms with Crippen molar-refractivity contribution < 1.29 is 4.79 Å². The molecule has 2 aromatic rings. The van der Waals surface area contributed by atoms with Crippen molar-refractivity contribution in [2.24, 2.45) is 0 Å². The van der Waals surface area contributed by atoms with Gasteiger partial charge in [-0.05, 0) is 29.0 Å². The Labute approximate surface area is 129 Å². The fourth-order valence-electron chi connectivity index (χ4n) is 2.91. The number of thiophene rings is 1. The van der Waals surface area contributed by atoms with Crippen LogP contribution in [0.4, 0.5) is 0 Å². The lowest BCUT2D eigenvalue weighted by atomic mass is 9.98. The highest BCUT2D eigenvalue weighted by Crippen LogP contribution is 2.29. The first-order valence-electron chi connectivity index (χ1n) is 7.32. The van der Waals surface area contributed by atoms with E-state index in [1.54, 1.807) is 18.3 Å². The molecule has 3 nitrogen and oxygen atoms in total. The third-order valence-corrected chi connectivity index (χ3v) is 4.99. The molecule has 1 aromatic heterocycles. The van der Waals surface area contributed by atoms with Gasteiger partial charge in [-0.3, -0.25) is 9.69 Å². The molecule has 21 heavy (non-hydrogen) atoms. The number of nitrogens with zero attached hydrogens (tertiary/aromatic N) is 1. The minimum atomic E-state index is 0.0361. The maximum absolute atomic E-state index is 11.3. The average Bonchev–Trinajstić information content (AvgIpc) is 3.01. The maximum Gasteiger partial charge on any atom is 0.216 e. The monoisotopic (exact) mass is 300 g/mol. The first-order valence-corrected chi connectivity index (χ1v) is 8.20. The number of benzene rings is 1. The Balaban J connectivity index is 1.79. The van der Waals surface area contributed by atoms with Gasteiger partial charge in [-0.15, -0.1) is 11.3 Å². The van der Waals surface area contributed by atoms with Crippen molar-refractivity contribution in [2.75, 3.05) is 13.1 Å². The standard InChI is InChI=1S/C17H20N2OS/c1-13(20)18-11-16(17-7-4-10-21-17)19-9-8-14-5-2-3-6-15(14)12-19/h2-7,10,16H,8-9,11-12H2,1H3,(H,18,20)/t16-/m0/s1. The Morgan fingerprint density at radius 3 is 2.81 bits per heavy atom. The lowest BCUT2D eigenvalue weighted by Crippen LogP contribution is -2.39. The molecule has 0 spiro atoms. The van der Waals surface area contributed by atoms with Crippen LogP contribution in [0.25, 0.3) is 0 Å². The van der Waals surface area contributed by atoms with Crippen molar-refractivity contribution in [2.45, 2.75) is 25.9 Å². The highest BCUT2D eigenvalue weighted by Gasteiger charge is 2.25. The summed E-state index contributed by atoms with van der Waals surface area (Å²) < 4.78 is 0. The molecule has 1 aliphatic rings. The molecule has 1 N–H and O–H groups in total. The van der Waals surface area contributed by atoms with Crippen LogP contribution in [0.1, 0.15) is 29.0 Å². The smallest absolute Gasteiger partial charge is 0.216 e. The van der Waals surface area contributed by atoms with Gasteiger partial charge >= 0.3 is 0 Å². The number of nitrogens with one attached hydrogen (secondary N) is 1. The Morgan fingerprint density at radius 2 is 2.10 bits per heavy atom. The van der Waals surface area contributed by atoms with Gasteiger partial charge in [0.05, 0.1) is 6.04 Å². The molecular formula is C17H20N2OS. The van der Waals surface area contributed by atoms with E-state index in [-0.39, 0.29) is 11.9 Å². The highest BCUT2D eigenvalue weighted by molar-refractivity contribution is 7.10. The number of hydrogen-bond donors (Lipinski definition) is 1. The van der Waals surface area contributed by atoms with Crippen LogP contribution in [-0.4, -0.2) is 23.9 Å². The Morgan fingerprint density at radius 1 is 1.29 bits per heavy atom. The predicted octanol–water partition coefficient (Wildman–Crippen LogP) is 2.98.